The lowest BCUT2D eigenvalue weighted by Crippen LogP contribution is -2.23. The number of rotatable bonds is 9. The summed E-state index contributed by atoms with van der Waals surface area (Å²) in [5.74, 6) is 0.121. The molecule has 3 aromatic rings. The molecule has 2 heterocycles. The van der Waals surface area contributed by atoms with Gasteiger partial charge in [-0.05, 0) is 47.8 Å². The standard InChI is InChI=1S/C19H18N2O5S2/c22-17(18-4-2-12-27-18)9-10-19(23)21-14-5-7-16(8-6-14)28(24,25)20-13-15-3-1-11-26-15/h1-8,11-12,20H,9-10,13H2,(H,21,23). The molecule has 0 aliphatic heterocycles. The van der Waals surface area contributed by atoms with Crippen molar-refractivity contribution in [1.82, 2.24) is 4.72 Å². The molecule has 0 bridgehead atoms. The van der Waals surface area contributed by atoms with Crippen molar-refractivity contribution >= 4 is 38.7 Å². The molecule has 9 heteroatoms. The van der Waals surface area contributed by atoms with Gasteiger partial charge in [-0.3, -0.25) is 9.59 Å². The molecule has 0 fully saturated rings. The number of Topliss-reactive ketones (excluding diaryl/α,β-unsaturated/α-hetero) is 1. The Kier molecular flexibility index (Phi) is 6.40. The summed E-state index contributed by atoms with van der Waals surface area (Å²) in [4.78, 5) is 24.6. The molecular weight excluding hydrogens is 400 g/mol. The monoisotopic (exact) mass is 418 g/mol. The first-order valence-corrected chi connectivity index (χ1v) is 10.8. The number of carbonyl (C=O) groups excluding carboxylic acids is 2. The average molecular weight is 418 g/mol. The predicted molar refractivity (Wildman–Crippen MR) is 106 cm³/mol. The van der Waals surface area contributed by atoms with Gasteiger partial charge in [0.2, 0.25) is 15.9 Å². The van der Waals surface area contributed by atoms with E-state index in [1.54, 1.807) is 24.3 Å². The van der Waals surface area contributed by atoms with E-state index in [2.05, 4.69) is 10.0 Å². The second-order valence-electron chi connectivity index (χ2n) is 5.88. The number of anilines is 1. The maximum Gasteiger partial charge on any atom is 0.240 e. The Morgan fingerprint density at radius 2 is 1.79 bits per heavy atom. The van der Waals surface area contributed by atoms with Crippen molar-refractivity contribution in [2.45, 2.75) is 24.3 Å². The van der Waals surface area contributed by atoms with Crippen LogP contribution in [0.5, 0.6) is 0 Å². The number of sulfonamides is 1. The molecule has 2 N–H and O–H groups in total. The molecular formula is C19H18N2O5S2. The normalized spacial score (nSPS) is 11.3. The van der Waals surface area contributed by atoms with Crippen LogP contribution in [0.1, 0.15) is 28.3 Å². The van der Waals surface area contributed by atoms with Crippen LogP contribution in [-0.4, -0.2) is 20.1 Å². The average Bonchev–Trinajstić information content (AvgIpc) is 3.39. The maximum absolute atomic E-state index is 12.3. The number of hydrogen-bond acceptors (Lipinski definition) is 6. The van der Waals surface area contributed by atoms with E-state index in [0.717, 1.165) is 0 Å². The zero-order chi connectivity index (χ0) is 20.0. The fourth-order valence-electron chi connectivity index (χ4n) is 2.39. The molecule has 0 saturated carbocycles. The van der Waals surface area contributed by atoms with E-state index in [1.165, 1.54) is 41.9 Å². The highest BCUT2D eigenvalue weighted by molar-refractivity contribution is 7.89. The Balaban J connectivity index is 1.52. The summed E-state index contributed by atoms with van der Waals surface area (Å²) in [6.45, 7) is 0.0477. The molecule has 3 rings (SSSR count). The third-order valence-corrected chi connectivity index (χ3v) is 6.17. The first-order valence-electron chi connectivity index (χ1n) is 8.43. The van der Waals surface area contributed by atoms with Gasteiger partial charge in [0.1, 0.15) is 5.76 Å². The summed E-state index contributed by atoms with van der Waals surface area (Å²) in [6, 6.07) is 12.7. The van der Waals surface area contributed by atoms with Crippen LogP contribution >= 0.6 is 11.3 Å². The quantitative estimate of drug-likeness (QED) is 0.518. The predicted octanol–water partition coefficient (Wildman–Crippen LogP) is 3.42. The van der Waals surface area contributed by atoms with Crippen molar-refractivity contribution in [3.63, 3.8) is 0 Å². The van der Waals surface area contributed by atoms with Gasteiger partial charge in [0, 0.05) is 18.5 Å². The van der Waals surface area contributed by atoms with E-state index in [4.69, 9.17) is 4.42 Å². The van der Waals surface area contributed by atoms with Crippen LogP contribution < -0.4 is 10.0 Å². The minimum Gasteiger partial charge on any atom is -0.468 e. The van der Waals surface area contributed by atoms with E-state index in [1.807, 2.05) is 5.38 Å². The number of furan rings is 1. The zero-order valence-electron chi connectivity index (χ0n) is 14.8. The highest BCUT2D eigenvalue weighted by atomic mass is 32.2. The van der Waals surface area contributed by atoms with Crippen molar-refractivity contribution in [1.29, 1.82) is 0 Å². The minimum absolute atomic E-state index is 0.0477. The molecule has 0 atom stereocenters. The van der Waals surface area contributed by atoms with Gasteiger partial charge in [-0.2, -0.15) is 0 Å². The minimum atomic E-state index is -3.69. The molecule has 0 spiro atoms. The van der Waals surface area contributed by atoms with E-state index >= 15 is 0 Å². The van der Waals surface area contributed by atoms with Gasteiger partial charge in [-0.25, -0.2) is 13.1 Å². The van der Waals surface area contributed by atoms with Gasteiger partial charge in [-0.1, -0.05) is 6.07 Å². The maximum atomic E-state index is 12.3. The number of nitrogens with one attached hydrogen (secondary N) is 2. The molecule has 0 aliphatic rings. The Labute approximate surface area is 166 Å². The summed E-state index contributed by atoms with van der Waals surface area (Å²) >= 11 is 1.34. The topological polar surface area (TPSA) is 105 Å². The molecule has 28 heavy (non-hydrogen) atoms. The first kappa shape index (κ1) is 20.0. The molecule has 0 unspecified atom stereocenters. The van der Waals surface area contributed by atoms with Gasteiger partial charge in [0.25, 0.3) is 0 Å². The van der Waals surface area contributed by atoms with Gasteiger partial charge in [0.05, 0.1) is 22.6 Å². The molecule has 7 nitrogen and oxygen atoms in total. The molecule has 0 saturated heterocycles. The molecule has 2 aromatic heterocycles. The lowest BCUT2D eigenvalue weighted by molar-refractivity contribution is -0.116. The van der Waals surface area contributed by atoms with Gasteiger partial charge in [0.15, 0.2) is 5.78 Å². The van der Waals surface area contributed by atoms with E-state index in [-0.39, 0.29) is 36.0 Å². The Morgan fingerprint density at radius 1 is 1.00 bits per heavy atom. The van der Waals surface area contributed by atoms with Gasteiger partial charge >= 0.3 is 0 Å². The summed E-state index contributed by atoms with van der Waals surface area (Å²) in [6.07, 6.45) is 1.64. The summed E-state index contributed by atoms with van der Waals surface area (Å²) in [5, 5.41) is 4.47. The van der Waals surface area contributed by atoms with E-state index in [0.29, 0.717) is 16.3 Å². The molecule has 146 valence electrons. The number of hydrogen-bond donors (Lipinski definition) is 2. The number of benzene rings is 1. The van der Waals surface area contributed by atoms with Crippen LogP contribution in [0.3, 0.4) is 0 Å². The number of amides is 1. The largest absolute Gasteiger partial charge is 0.468 e. The lowest BCUT2D eigenvalue weighted by Gasteiger charge is -2.08. The van der Waals surface area contributed by atoms with Crippen LogP contribution in [0.25, 0.3) is 0 Å². The van der Waals surface area contributed by atoms with Crippen LogP contribution in [0, 0.1) is 0 Å². The van der Waals surface area contributed by atoms with Crippen molar-refractivity contribution in [2.24, 2.45) is 0 Å². The molecule has 1 aromatic carbocycles. The smallest absolute Gasteiger partial charge is 0.240 e. The van der Waals surface area contributed by atoms with Crippen LogP contribution in [-0.2, 0) is 21.4 Å². The van der Waals surface area contributed by atoms with Gasteiger partial charge < -0.3 is 9.73 Å². The van der Waals surface area contributed by atoms with Crippen molar-refractivity contribution in [3.05, 3.63) is 70.8 Å². The van der Waals surface area contributed by atoms with Crippen LogP contribution in [0.2, 0.25) is 0 Å². The van der Waals surface area contributed by atoms with E-state index in [9.17, 15) is 18.0 Å². The summed E-state index contributed by atoms with van der Waals surface area (Å²) in [7, 11) is -3.69. The Bertz CT molecular complexity index is 1020. The third-order valence-electron chi connectivity index (χ3n) is 3.84. The lowest BCUT2D eigenvalue weighted by atomic mass is 10.2. The van der Waals surface area contributed by atoms with E-state index < -0.39 is 10.0 Å². The second-order valence-corrected chi connectivity index (χ2v) is 8.59. The summed E-state index contributed by atoms with van der Waals surface area (Å²) < 4.78 is 32.1. The fourth-order valence-corrected chi connectivity index (χ4v) is 4.08. The molecule has 1 amide bonds. The molecule has 0 aliphatic carbocycles. The van der Waals surface area contributed by atoms with Crippen molar-refractivity contribution < 1.29 is 22.4 Å². The molecule has 0 radical (unpaired) electrons. The highest BCUT2D eigenvalue weighted by Gasteiger charge is 2.15. The van der Waals surface area contributed by atoms with Crippen LogP contribution in [0.15, 0.2) is 69.5 Å². The Morgan fingerprint density at radius 3 is 2.43 bits per heavy atom. The van der Waals surface area contributed by atoms with Crippen molar-refractivity contribution in [3.8, 4) is 0 Å². The number of thiophene rings is 1. The zero-order valence-corrected chi connectivity index (χ0v) is 16.4. The SMILES string of the molecule is O=C(CCC(=O)c1cccs1)Nc1ccc(S(=O)(=O)NCc2ccco2)cc1. The first-order chi connectivity index (χ1) is 13.4. The summed E-state index contributed by atoms with van der Waals surface area (Å²) in [5.41, 5.74) is 0.457. The van der Waals surface area contributed by atoms with Crippen molar-refractivity contribution in [2.75, 3.05) is 5.32 Å². The third kappa shape index (κ3) is 5.38. The number of carbonyl (C=O) groups is 2. The number of ketones is 1. The second kappa shape index (κ2) is 8.96. The van der Waals surface area contributed by atoms with Gasteiger partial charge in [-0.15, -0.1) is 11.3 Å². The highest BCUT2D eigenvalue weighted by Crippen LogP contribution is 2.16. The Hall–Kier alpha value is -2.75. The van der Waals surface area contributed by atoms with Crippen LogP contribution in [0.4, 0.5) is 5.69 Å². The fraction of sp³-hybridized carbons (Fsp3) is 0.158.